The van der Waals surface area contributed by atoms with Gasteiger partial charge in [0.1, 0.15) is 16.8 Å². The maximum Gasteiger partial charge on any atom is 0.248 e. The molecule has 124 valence electrons. The molecule has 2 rings (SSSR count). The summed E-state index contributed by atoms with van der Waals surface area (Å²) in [6, 6.07) is 7.24. The van der Waals surface area contributed by atoms with Gasteiger partial charge in [0.15, 0.2) is 0 Å². The van der Waals surface area contributed by atoms with E-state index in [2.05, 4.69) is 20.8 Å². The molecule has 0 fully saturated rings. The molecule has 0 unspecified atom stereocenters. The fraction of sp³-hybridized carbons (Fsp3) is 0.438. The first kappa shape index (κ1) is 17.2. The Morgan fingerprint density at radius 1 is 1.22 bits per heavy atom. The van der Waals surface area contributed by atoms with Crippen LogP contribution in [0.5, 0.6) is 5.75 Å². The van der Waals surface area contributed by atoms with Crippen LogP contribution >= 0.6 is 11.3 Å². The molecule has 0 spiro atoms. The van der Waals surface area contributed by atoms with Gasteiger partial charge >= 0.3 is 0 Å². The van der Waals surface area contributed by atoms with Crippen molar-refractivity contribution in [3.05, 3.63) is 29.3 Å². The van der Waals surface area contributed by atoms with Crippen LogP contribution in [-0.2, 0) is 11.2 Å². The summed E-state index contributed by atoms with van der Waals surface area (Å²) >= 11 is 1.40. The van der Waals surface area contributed by atoms with Gasteiger partial charge in [-0.15, -0.1) is 10.2 Å². The van der Waals surface area contributed by atoms with E-state index in [1.54, 1.807) is 0 Å². The molecule has 2 N–H and O–H groups in total. The van der Waals surface area contributed by atoms with Crippen molar-refractivity contribution in [1.29, 1.82) is 0 Å². The Bertz CT molecular complexity index is 627. The molecule has 0 radical (unpaired) electrons. The van der Waals surface area contributed by atoms with Crippen molar-refractivity contribution in [3.8, 4) is 5.75 Å². The number of carbonyl (C=O) groups is 1. The number of rotatable bonds is 8. The highest BCUT2D eigenvalue weighted by molar-refractivity contribution is 7.15. The number of hydrogen-bond donors (Lipinski definition) is 2. The van der Waals surface area contributed by atoms with Crippen molar-refractivity contribution < 1.29 is 9.53 Å². The number of nitrogens with zero attached hydrogens (tertiary/aromatic N) is 2. The molecule has 1 amide bonds. The minimum absolute atomic E-state index is 0.111. The van der Waals surface area contributed by atoms with Gasteiger partial charge in [0.25, 0.3) is 0 Å². The molecular formula is C16H22N4O2S. The van der Waals surface area contributed by atoms with Crippen LogP contribution in [0.4, 0.5) is 10.8 Å². The monoisotopic (exact) mass is 334 g/mol. The molecule has 0 saturated carbocycles. The van der Waals surface area contributed by atoms with E-state index >= 15 is 0 Å². The van der Waals surface area contributed by atoms with Crippen LogP contribution in [0.1, 0.15) is 32.2 Å². The minimum Gasteiger partial charge on any atom is -0.494 e. The molecule has 0 aliphatic heterocycles. The van der Waals surface area contributed by atoms with Crippen molar-refractivity contribution in [1.82, 2.24) is 10.2 Å². The van der Waals surface area contributed by atoms with Crippen LogP contribution in [0.15, 0.2) is 24.3 Å². The topological polar surface area (TPSA) is 76.1 Å². The van der Waals surface area contributed by atoms with Gasteiger partial charge in [-0.2, -0.15) is 0 Å². The third kappa shape index (κ3) is 4.92. The van der Waals surface area contributed by atoms with Gasteiger partial charge in [-0.3, -0.25) is 10.1 Å². The van der Waals surface area contributed by atoms with Crippen LogP contribution in [0, 0.1) is 0 Å². The van der Waals surface area contributed by atoms with E-state index in [4.69, 9.17) is 4.74 Å². The van der Waals surface area contributed by atoms with Gasteiger partial charge in [-0.25, -0.2) is 0 Å². The SMILES string of the molecule is CCOc1ccc(N[C@H](CC)C(=O)Nc2nnc(CC)s2)cc1. The zero-order valence-corrected chi connectivity index (χ0v) is 14.4. The summed E-state index contributed by atoms with van der Waals surface area (Å²) < 4.78 is 5.41. The maximum atomic E-state index is 12.4. The van der Waals surface area contributed by atoms with Crippen molar-refractivity contribution >= 4 is 28.1 Å². The van der Waals surface area contributed by atoms with Crippen LogP contribution in [0.3, 0.4) is 0 Å². The summed E-state index contributed by atoms with van der Waals surface area (Å²) in [4.78, 5) is 12.4. The quantitative estimate of drug-likeness (QED) is 0.774. The molecule has 1 atom stereocenters. The number of benzene rings is 1. The van der Waals surface area contributed by atoms with Crippen molar-refractivity contribution in [2.24, 2.45) is 0 Å². The molecule has 7 heteroatoms. The smallest absolute Gasteiger partial charge is 0.248 e. The summed E-state index contributed by atoms with van der Waals surface area (Å²) in [5.74, 6) is 0.705. The largest absolute Gasteiger partial charge is 0.494 e. The second-order valence-electron chi connectivity index (χ2n) is 4.91. The Balaban J connectivity index is 1.96. The van der Waals surface area contributed by atoms with Crippen molar-refractivity contribution in [2.45, 2.75) is 39.7 Å². The summed E-state index contributed by atoms with van der Waals surface area (Å²) in [7, 11) is 0. The summed E-state index contributed by atoms with van der Waals surface area (Å²) in [5.41, 5.74) is 0.877. The van der Waals surface area contributed by atoms with Crippen LogP contribution < -0.4 is 15.4 Å². The first-order valence-corrected chi connectivity index (χ1v) is 8.60. The summed E-state index contributed by atoms with van der Waals surface area (Å²) in [6.07, 6.45) is 1.48. The Kier molecular flexibility index (Phi) is 6.34. The molecule has 2 aromatic rings. The van der Waals surface area contributed by atoms with Gasteiger partial charge in [0, 0.05) is 5.69 Å². The Morgan fingerprint density at radius 2 is 1.96 bits per heavy atom. The highest BCUT2D eigenvalue weighted by atomic mass is 32.1. The fourth-order valence-corrected chi connectivity index (χ4v) is 2.69. The predicted molar refractivity (Wildman–Crippen MR) is 93.2 cm³/mol. The Morgan fingerprint density at radius 3 is 2.52 bits per heavy atom. The average molecular weight is 334 g/mol. The van der Waals surface area contributed by atoms with E-state index in [0.29, 0.717) is 18.2 Å². The lowest BCUT2D eigenvalue weighted by molar-refractivity contribution is -0.117. The van der Waals surface area contributed by atoms with Crippen LogP contribution in [0.25, 0.3) is 0 Å². The maximum absolute atomic E-state index is 12.4. The number of aromatic nitrogens is 2. The van der Waals surface area contributed by atoms with Crippen molar-refractivity contribution in [3.63, 3.8) is 0 Å². The predicted octanol–water partition coefficient (Wildman–Crippen LogP) is 3.33. The van der Waals surface area contributed by atoms with E-state index in [1.807, 2.05) is 45.0 Å². The Labute approximate surface area is 140 Å². The molecule has 0 bridgehead atoms. The van der Waals surface area contributed by atoms with E-state index in [0.717, 1.165) is 22.9 Å². The highest BCUT2D eigenvalue weighted by Crippen LogP contribution is 2.19. The van der Waals surface area contributed by atoms with E-state index in [1.165, 1.54) is 11.3 Å². The molecular weight excluding hydrogens is 312 g/mol. The number of ether oxygens (including phenoxy) is 1. The van der Waals surface area contributed by atoms with Crippen molar-refractivity contribution in [2.75, 3.05) is 17.2 Å². The molecule has 1 aromatic heterocycles. The third-order valence-electron chi connectivity index (χ3n) is 3.23. The number of anilines is 2. The zero-order chi connectivity index (χ0) is 16.7. The van der Waals surface area contributed by atoms with Gasteiger partial charge in [0.05, 0.1) is 6.61 Å². The van der Waals surface area contributed by atoms with Gasteiger partial charge in [0.2, 0.25) is 11.0 Å². The van der Waals surface area contributed by atoms with Gasteiger partial charge in [-0.05, 0) is 44.0 Å². The number of aryl methyl sites for hydroxylation is 1. The normalized spacial score (nSPS) is 11.8. The summed E-state index contributed by atoms with van der Waals surface area (Å²) in [6.45, 7) is 6.55. The lowest BCUT2D eigenvalue weighted by atomic mass is 10.2. The molecule has 0 aliphatic carbocycles. The molecule has 1 aromatic carbocycles. The van der Waals surface area contributed by atoms with Crippen LogP contribution in [0.2, 0.25) is 0 Å². The Hall–Kier alpha value is -2.15. The third-order valence-corrected chi connectivity index (χ3v) is 4.21. The molecule has 6 nitrogen and oxygen atoms in total. The second kappa shape index (κ2) is 8.47. The number of amides is 1. The van der Waals surface area contributed by atoms with Gasteiger partial charge < -0.3 is 10.1 Å². The number of nitrogens with one attached hydrogen (secondary N) is 2. The van der Waals surface area contributed by atoms with E-state index < -0.39 is 0 Å². The molecule has 23 heavy (non-hydrogen) atoms. The average Bonchev–Trinajstić information content (AvgIpc) is 3.02. The molecule has 0 saturated heterocycles. The minimum atomic E-state index is -0.332. The first-order chi connectivity index (χ1) is 11.2. The lowest BCUT2D eigenvalue weighted by Gasteiger charge is -2.17. The summed E-state index contributed by atoms with van der Waals surface area (Å²) in [5, 5.41) is 15.5. The highest BCUT2D eigenvalue weighted by Gasteiger charge is 2.18. The van der Waals surface area contributed by atoms with E-state index in [-0.39, 0.29) is 11.9 Å². The standard InChI is InChI=1S/C16H22N4O2S/c1-4-13(15(21)18-16-20-19-14(5-2)23-16)17-11-7-9-12(10-8-11)22-6-3/h7-10,13,17H,4-6H2,1-3H3,(H,18,20,21)/t13-/m1/s1. The van der Waals surface area contributed by atoms with E-state index in [9.17, 15) is 4.79 Å². The van der Waals surface area contributed by atoms with Gasteiger partial charge in [-0.1, -0.05) is 25.2 Å². The molecule has 1 heterocycles. The molecule has 0 aliphatic rings. The number of carbonyl (C=O) groups excluding carboxylic acids is 1. The number of hydrogen-bond acceptors (Lipinski definition) is 6. The van der Waals surface area contributed by atoms with Crippen LogP contribution in [-0.4, -0.2) is 28.8 Å². The fourth-order valence-electron chi connectivity index (χ4n) is 2.01. The first-order valence-electron chi connectivity index (χ1n) is 7.78. The lowest BCUT2D eigenvalue weighted by Crippen LogP contribution is -2.34. The second-order valence-corrected chi connectivity index (χ2v) is 5.97. The zero-order valence-electron chi connectivity index (χ0n) is 13.6.